The first kappa shape index (κ1) is 17.8. The molecule has 7 heteroatoms. The Hall–Kier alpha value is -2.99. The Kier molecular flexibility index (Phi) is 5.43. The number of anilines is 1. The van der Waals surface area contributed by atoms with Gasteiger partial charge < -0.3 is 19.2 Å². The number of benzene rings is 2. The van der Waals surface area contributed by atoms with Crippen molar-refractivity contribution < 1.29 is 23.1 Å². The third kappa shape index (κ3) is 4.34. The molecule has 134 valence electrons. The van der Waals surface area contributed by atoms with E-state index in [4.69, 9.17) is 25.5 Å². The normalized spacial score (nSPS) is 10.4. The molecular weight excluding hydrogens is 361 g/mol. The topological polar surface area (TPSA) is 60.7 Å². The molecule has 1 heterocycles. The van der Waals surface area contributed by atoms with Crippen molar-refractivity contribution >= 4 is 23.2 Å². The highest BCUT2D eigenvalue weighted by Gasteiger charge is 2.13. The molecule has 0 bridgehead atoms. The molecule has 0 saturated heterocycles. The molecule has 26 heavy (non-hydrogen) atoms. The van der Waals surface area contributed by atoms with E-state index in [1.54, 1.807) is 43.5 Å². The fourth-order valence-corrected chi connectivity index (χ4v) is 2.43. The highest BCUT2D eigenvalue weighted by Crippen LogP contribution is 2.26. The van der Waals surface area contributed by atoms with Gasteiger partial charge in [0.2, 0.25) is 0 Å². The number of nitrogens with one attached hydrogen (secondary N) is 1. The molecule has 0 radical (unpaired) electrons. The molecule has 1 aromatic heterocycles. The van der Waals surface area contributed by atoms with Crippen molar-refractivity contribution in [1.82, 2.24) is 0 Å². The van der Waals surface area contributed by atoms with E-state index in [0.717, 1.165) is 6.07 Å². The van der Waals surface area contributed by atoms with Gasteiger partial charge in [0.1, 0.15) is 29.7 Å². The maximum atomic E-state index is 13.0. The second kappa shape index (κ2) is 7.93. The minimum Gasteiger partial charge on any atom is -0.497 e. The molecular formula is C19H15ClFNO4. The van der Waals surface area contributed by atoms with Crippen LogP contribution in [0.15, 0.2) is 59.0 Å². The summed E-state index contributed by atoms with van der Waals surface area (Å²) in [6, 6.07) is 14.0. The van der Waals surface area contributed by atoms with Gasteiger partial charge >= 0.3 is 0 Å². The van der Waals surface area contributed by atoms with Crippen LogP contribution in [0.5, 0.6) is 11.5 Å². The van der Waals surface area contributed by atoms with Crippen molar-refractivity contribution in [2.75, 3.05) is 12.4 Å². The van der Waals surface area contributed by atoms with Crippen molar-refractivity contribution in [2.24, 2.45) is 0 Å². The Bertz CT molecular complexity index is 925. The van der Waals surface area contributed by atoms with Crippen LogP contribution < -0.4 is 14.8 Å². The first-order valence-electron chi connectivity index (χ1n) is 7.67. The summed E-state index contributed by atoms with van der Waals surface area (Å²) in [6.45, 7) is 0.0534. The van der Waals surface area contributed by atoms with Gasteiger partial charge in [-0.15, -0.1) is 0 Å². The third-order valence-corrected chi connectivity index (χ3v) is 3.77. The van der Waals surface area contributed by atoms with Crippen LogP contribution in [0, 0.1) is 5.82 Å². The highest BCUT2D eigenvalue weighted by molar-refractivity contribution is 6.32. The number of carbonyl (C=O) groups is 1. The number of carbonyl (C=O) groups excluding carboxylic acids is 1. The quantitative estimate of drug-likeness (QED) is 0.664. The second-order valence-electron chi connectivity index (χ2n) is 5.32. The maximum absolute atomic E-state index is 13.0. The lowest BCUT2D eigenvalue weighted by molar-refractivity contribution is 0.0992. The van der Waals surface area contributed by atoms with Gasteiger partial charge in [-0.25, -0.2) is 4.39 Å². The van der Waals surface area contributed by atoms with Crippen molar-refractivity contribution in [3.05, 3.63) is 77.0 Å². The highest BCUT2D eigenvalue weighted by atomic mass is 35.5. The summed E-state index contributed by atoms with van der Waals surface area (Å²) in [4.78, 5) is 12.2. The number of rotatable bonds is 6. The summed E-state index contributed by atoms with van der Waals surface area (Å²) in [7, 11) is 1.55. The van der Waals surface area contributed by atoms with E-state index in [1.807, 2.05) is 0 Å². The average Bonchev–Trinajstić information content (AvgIpc) is 3.10. The molecule has 1 N–H and O–H groups in total. The van der Waals surface area contributed by atoms with Gasteiger partial charge in [-0.3, -0.25) is 4.79 Å². The van der Waals surface area contributed by atoms with Gasteiger partial charge in [0.05, 0.1) is 12.1 Å². The molecule has 0 saturated carbocycles. The Balaban J connectivity index is 1.62. The molecule has 5 nitrogen and oxygen atoms in total. The van der Waals surface area contributed by atoms with Crippen LogP contribution in [0.25, 0.3) is 0 Å². The number of hydrogen-bond acceptors (Lipinski definition) is 4. The van der Waals surface area contributed by atoms with E-state index in [1.165, 1.54) is 12.1 Å². The molecule has 0 aliphatic carbocycles. The van der Waals surface area contributed by atoms with Crippen LogP contribution >= 0.6 is 11.6 Å². The first-order valence-corrected chi connectivity index (χ1v) is 8.05. The Morgan fingerprint density at radius 2 is 2.04 bits per heavy atom. The van der Waals surface area contributed by atoms with E-state index >= 15 is 0 Å². The molecule has 3 rings (SSSR count). The minimum absolute atomic E-state index is 0.0534. The van der Waals surface area contributed by atoms with E-state index < -0.39 is 11.7 Å². The van der Waals surface area contributed by atoms with Crippen LogP contribution in [0.2, 0.25) is 5.02 Å². The van der Waals surface area contributed by atoms with Gasteiger partial charge in [0.25, 0.3) is 5.91 Å². The first-order chi connectivity index (χ1) is 12.5. The van der Waals surface area contributed by atoms with Gasteiger partial charge in [-0.05, 0) is 42.5 Å². The summed E-state index contributed by atoms with van der Waals surface area (Å²) in [5, 5.41) is 2.88. The summed E-state index contributed by atoms with van der Waals surface area (Å²) in [6.07, 6.45) is 0. The van der Waals surface area contributed by atoms with Crippen LogP contribution in [0.3, 0.4) is 0 Å². The standard InChI is InChI=1S/C19H15ClFNO4/c1-24-14-4-2-3-13(10-14)22-19(23)18-8-6-15(26-18)11-25-17-7-5-12(21)9-16(17)20/h2-10H,11H2,1H3,(H,22,23). The van der Waals surface area contributed by atoms with Crippen molar-refractivity contribution in [2.45, 2.75) is 6.61 Å². The van der Waals surface area contributed by atoms with Crippen LogP contribution in [0.1, 0.15) is 16.3 Å². The van der Waals surface area contributed by atoms with Gasteiger partial charge in [-0.2, -0.15) is 0 Å². The van der Waals surface area contributed by atoms with Crippen molar-refractivity contribution in [3.63, 3.8) is 0 Å². The average molecular weight is 376 g/mol. The summed E-state index contributed by atoms with van der Waals surface area (Å²) in [5.41, 5.74) is 0.585. The minimum atomic E-state index is -0.447. The molecule has 0 fully saturated rings. The van der Waals surface area contributed by atoms with E-state index in [2.05, 4.69) is 5.32 Å². The number of ether oxygens (including phenoxy) is 2. The molecule has 0 aliphatic rings. The molecule has 0 unspecified atom stereocenters. The van der Waals surface area contributed by atoms with Crippen molar-refractivity contribution in [3.8, 4) is 11.5 Å². The van der Waals surface area contributed by atoms with Gasteiger partial charge in [0, 0.05) is 11.8 Å². The smallest absolute Gasteiger partial charge is 0.291 e. The fraction of sp³-hybridized carbons (Fsp3) is 0.105. The lowest BCUT2D eigenvalue weighted by Crippen LogP contribution is -2.10. The predicted molar refractivity (Wildman–Crippen MR) is 95.4 cm³/mol. The van der Waals surface area contributed by atoms with Crippen molar-refractivity contribution in [1.29, 1.82) is 0 Å². The lowest BCUT2D eigenvalue weighted by Gasteiger charge is -2.06. The molecule has 0 atom stereocenters. The SMILES string of the molecule is COc1cccc(NC(=O)c2ccc(COc3ccc(F)cc3Cl)o2)c1. The third-order valence-electron chi connectivity index (χ3n) is 3.48. The zero-order valence-electron chi connectivity index (χ0n) is 13.8. The summed E-state index contributed by atoms with van der Waals surface area (Å²) in [5.74, 6) is 0.679. The van der Waals surface area contributed by atoms with E-state index in [9.17, 15) is 9.18 Å². The summed E-state index contributed by atoms with van der Waals surface area (Å²) >= 11 is 5.90. The monoisotopic (exact) mass is 375 g/mol. The Morgan fingerprint density at radius 1 is 1.19 bits per heavy atom. The number of amides is 1. The number of furan rings is 1. The van der Waals surface area contributed by atoms with Crippen LogP contribution in [0.4, 0.5) is 10.1 Å². The summed E-state index contributed by atoms with van der Waals surface area (Å²) < 4.78 is 29.1. The van der Waals surface area contributed by atoms with Crippen LogP contribution in [-0.4, -0.2) is 13.0 Å². The zero-order chi connectivity index (χ0) is 18.5. The van der Waals surface area contributed by atoms with E-state index in [-0.39, 0.29) is 17.4 Å². The maximum Gasteiger partial charge on any atom is 0.291 e. The zero-order valence-corrected chi connectivity index (χ0v) is 14.5. The van der Waals surface area contributed by atoms with Crippen LogP contribution in [-0.2, 0) is 6.61 Å². The predicted octanol–water partition coefficient (Wildman–Crippen LogP) is 4.91. The number of hydrogen-bond donors (Lipinski definition) is 1. The Labute approximate surface area is 154 Å². The largest absolute Gasteiger partial charge is 0.497 e. The molecule has 0 spiro atoms. The molecule has 0 aliphatic heterocycles. The molecule has 2 aromatic carbocycles. The van der Waals surface area contributed by atoms with Gasteiger partial charge in [-0.1, -0.05) is 17.7 Å². The second-order valence-corrected chi connectivity index (χ2v) is 5.72. The molecule has 3 aromatic rings. The Morgan fingerprint density at radius 3 is 2.81 bits per heavy atom. The number of halogens is 2. The lowest BCUT2D eigenvalue weighted by atomic mass is 10.3. The molecule has 1 amide bonds. The van der Waals surface area contributed by atoms with E-state index in [0.29, 0.717) is 22.9 Å². The fourth-order valence-electron chi connectivity index (χ4n) is 2.21. The number of methoxy groups -OCH3 is 1. The van der Waals surface area contributed by atoms with Gasteiger partial charge in [0.15, 0.2) is 5.76 Å².